The largest absolute Gasteiger partial charge is 0.541 e. The van der Waals surface area contributed by atoms with Crippen LogP contribution in [0.1, 0.15) is 0 Å². The number of halogens is 3. The number of carbonyl (C=O) groups excluding carboxylic acids is 1. The van der Waals surface area contributed by atoms with E-state index in [1.165, 1.54) is 18.2 Å². The van der Waals surface area contributed by atoms with Gasteiger partial charge in [0.05, 0.1) is 0 Å². The number of aliphatic carboxylic acids is 1. The Bertz CT molecular complexity index is 354. The molecule has 14 heavy (non-hydrogen) atoms. The summed E-state index contributed by atoms with van der Waals surface area (Å²) in [5.41, 5.74) is 0. The lowest BCUT2D eigenvalue weighted by molar-refractivity contribution is -0.350. The van der Waals surface area contributed by atoms with Gasteiger partial charge in [0, 0.05) is 3.57 Å². The molecule has 0 heterocycles. The van der Waals surface area contributed by atoms with Crippen molar-refractivity contribution in [3.63, 3.8) is 0 Å². The van der Waals surface area contributed by atoms with Gasteiger partial charge in [-0.2, -0.15) is 8.78 Å². The first kappa shape index (κ1) is 11.2. The summed E-state index contributed by atoms with van der Waals surface area (Å²) >= 11 is 1.89. The number of ether oxygens (including phenoxy) is 1. The maximum absolute atomic E-state index is 12.5. The molecule has 0 aromatic heterocycles. The Balaban J connectivity index is 2.83. The molecule has 76 valence electrons. The third kappa shape index (κ3) is 2.79. The van der Waals surface area contributed by atoms with Crippen molar-refractivity contribution in [3.05, 3.63) is 27.8 Å². The van der Waals surface area contributed by atoms with E-state index in [1.807, 2.05) is 22.6 Å². The summed E-state index contributed by atoms with van der Waals surface area (Å²) in [6.07, 6.45) is -4.30. The van der Waals surface area contributed by atoms with Crippen molar-refractivity contribution in [3.8, 4) is 5.75 Å². The molecule has 0 atom stereocenters. The van der Waals surface area contributed by atoms with Crippen LogP contribution in [0.15, 0.2) is 24.3 Å². The minimum absolute atomic E-state index is 0.217. The second-order valence-corrected chi connectivity index (χ2v) is 3.61. The van der Waals surface area contributed by atoms with Gasteiger partial charge in [-0.05, 0) is 40.8 Å². The van der Waals surface area contributed by atoms with Gasteiger partial charge >= 0.3 is 6.11 Å². The Labute approximate surface area is 91.8 Å². The number of carboxylic acid groups (broad SMARTS) is 1. The van der Waals surface area contributed by atoms with Crippen LogP contribution in [0.2, 0.25) is 0 Å². The lowest BCUT2D eigenvalue weighted by Crippen LogP contribution is -2.45. The van der Waals surface area contributed by atoms with Crippen LogP contribution in [-0.4, -0.2) is 12.1 Å². The van der Waals surface area contributed by atoms with Crippen LogP contribution >= 0.6 is 22.6 Å². The molecule has 1 rings (SSSR count). The molecule has 3 nitrogen and oxygen atoms in total. The molecule has 0 bridgehead atoms. The van der Waals surface area contributed by atoms with Crippen molar-refractivity contribution >= 4 is 28.6 Å². The number of carbonyl (C=O) groups is 1. The summed E-state index contributed by atoms with van der Waals surface area (Å²) in [6, 6.07) is 5.66. The highest BCUT2D eigenvalue weighted by molar-refractivity contribution is 14.1. The average molecular weight is 313 g/mol. The summed E-state index contributed by atoms with van der Waals surface area (Å²) in [5.74, 6) is -2.78. The number of benzene rings is 1. The molecule has 0 spiro atoms. The van der Waals surface area contributed by atoms with Gasteiger partial charge in [0.2, 0.25) is 0 Å². The standard InChI is InChI=1S/C8H5F2IO3/c9-8(10,7(12)13)14-6-3-1-2-5(11)4-6/h1-4H,(H,12,13)/p-1. The van der Waals surface area contributed by atoms with Crippen molar-refractivity contribution in [1.82, 2.24) is 0 Å². The van der Waals surface area contributed by atoms with Gasteiger partial charge in [-0.1, -0.05) is 6.07 Å². The van der Waals surface area contributed by atoms with E-state index >= 15 is 0 Å². The Morgan fingerprint density at radius 2 is 2.14 bits per heavy atom. The maximum Gasteiger partial charge on any atom is 0.441 e. The quantitative estimate of drug-likeness (QED) is 0.783. The topological polar surface area (TPSA) is 49.4 Å². The maximum atomic E-state index is 12.5. The molecule has 0 radical (unpaired) electrons. The normalized spacial score (nSPS) is 11.1. The average Bonchev–Trinajstić information content (AvgIpc) is 2.02. The lowest BCUT2D eigenvalue weighted by atomic mass is 10.3. The molecule has 0 saturated heterocycles. The van der Waals surface area contributed by atoms with Crippen molar-refractivity contribution in [2.24, 2.45) is 0 Å². The van der Waals surface area contributed by atoms with Crippen molar-refractivity contribution in [2.45, 2.75) is 6.11 Å². The monoisotopic (exact) mass is 313 g/mol. The fourth-order valence-electron chi connectivity index (χ4n) is 0.720. The van der Waals surface area contributed by atoms with Crippen LogP contribution in [0.3, 0.4) is 0 Å². The molecule has 1 aromatic rings. The van der Waals surface area contributed by atoms with Gasteiger partial charge in [0.1, 0.15) is 5.75 Å². The molecule has 0 aliphatic heterocycles. The summed E-state index contributed by atoms with van der Waals surface area (Å²) in [6.45, 7) is 0. The predicted octanol–water partition coefficient (Wildman–Crippen LogP) is 1.01. The SMILES string of the molecule is O=C([O-])C(F)(F)Oc1cccc(I)c1. The Kier molecular flexibility index (Phi) is 3.25. The fourth-order valence-corrected chi connectivity index (χ4v) is 1.23. The second kappa shape index (κ2) is 4.07. The smallest absolute Gasteiger partial charge is 0.441 e. The van der Waals surface area contributed by atoms with E-state index in [-0.39, 0.29) is 5.75 Å². The highest BCUT2D eigenvalue weighted by Gasteiger charge is 2.33. The molecule has 1 aromatic carbocycles. The molecule has 0 N–H and O–H groups in total. The molecule has 0 aliphatic carbocycles. The van der Waals surface area contributed by atoms with Crippen LogP contribution in [0.4, 0.5) is 8.78 Å². The zero-order valence-electron chi connectivity index (χ0n) is 6.67. The van der Waals surface area contributed by atoms with Gasteiger partial charge in [0.15, 0.2) is 5.97 Å². The molecular formula is C8H4F2IO3-. The second-order valence-electron chi connectivity index (χ2n) is 2.36. The Morgan fingerprint density at radius 3 is 2.64 bits per heavy atom. The van der Waals surface area contributed by atoms with Crippen LogP contribution in [0.25, 0.3) is 0 Å². The first-order chi connectivity index (χ1) is 6.42. The van der Waals surface area contributed by atoms with Crippen LogP contribution in [0, 0.1) is 3.57 Å². The fraction of sp³-hybridized carbons (Fsp3) is 0.125. The van der Waals surface area contributed by atoms with Gasteiger partial charge in [0.25, 0.3) is 0 Å². The molecular weight excluding hydrogens is 309 g/mol. The van der Waals surface area contributed by atoms with E-state index in [2.05, 4.69) is 4.74 Å². The van der Waals surface area contributed by atoms with E-state index in [0.29, 0.717) is 3.57 Å². The molecule has 0 aliphatic rings. The highest BCUT2D eigenvalue weighted by atomic mass is 127. The lowest BCUT2D eigenvalue weighted by Gasteiger charge is -2.18. The summed E-state index contributed by atoms with van der Waals surface area (Å²) < 4.78 is 29.6. The van der Waals surface area contributed by atoms with Crippen LogP contribution in [0.5, 0.6) is 5.75 Å². The van der Waals surface area contributed by atoms with Crippen LogP contribution in [-0.2, 0) is 4.79 Å². The minimum Gasteiger partial charge on any atom is -0.541 e. The van der Waals surface area contributed by atoms with Gasteiger partial charge < -0.3 is 14.6 Å². The van der Waals surface area contributed by atoms with Crippen molar-refractivity contribution in [2.75, 3.05) is 0 Å². The Hall–Kier alpha value is -0.920. The van der Waals surface area contributed by atoms with E-state index in [4.69, 9.17) is 0 Å². The first-order valence-electron chi connectivity index (χ1n) is 3.45. The Morgan fingerprint density at radius 1 is 1.50 bits per heavy atom. The predicted molar refractivity (Wildman–Crippen MR) is 49.7 cm³/mol. The molecule has 0 saturated carbocycles. The number of hydrogen-bond donors (Lipinski definition) is 0. The van der Waals surface area contributed by atoms with E-state index < -0.39 is 12.1 Å². The van der Waals surface area contributed by atoms with E-state index in [9.17, 15) is 18.7 Å². The van der Waals surface area contributed by atoms with Gasteiger partial charge in [-0.25, -0.2) is 0 Å². The third-order valence-corrected chi connectivity index (χ3v) is 1.95. The van der Waals surface area contributed by atoms with E-state index in [0.717, 1.165) is 0 Å². The van der Waals surface area contributed by atoms with Crippen molar-refractivity contribution < 1.29 is 23.4 Å². The summed E-state index contributed by atoms with van der Waals surface area (Å²) in [7, 11) is 0. The van der Waals surface area contributed by atoms with E-state index in [1.54, 1.807) is 6.07 Å². The zero-order chi connectivity index (χ0) is 10.8. The van der Waals surface area contributed by atoms with Crippen molar-refractivity contribution in [1.29, 1.82) is 0 Å². The van der Waals surface area contributed by atoms with Crippen LogP contribution < -0.4 is 9.84 Å². The summed E-state index contributed by atoms with van der Waals surface area (Å²) in [4.78, 5) is 9.92. The molecule has 6 heteroatoms. The zero-order valence-corrected chi connectivity index (χ0v) is 8.83. The summed E-state index contributed by atoms with van der Waals surface area (Å²) in [5, 5.41) is 9.92. The first-order valence-corrected chi connectivity index (χ1v) is 4.53. The number of carboxylic acids is 1. The number of hydrogen-bond acceptors (Lipinski definition) is 3. The highest BCUT2D eigenvalue weighted by Crippen LogP contribution is 2.22. The minimum atomic E-state index is -4.30. The van der Waals surface area contributed by atoms with Gasteiger partial charge in [-0.15, -0.1) is 0 Å². The molecule has 0 unspecified atom stereocenters. The number of rotatable bonds is 3. The molecule has 0 amide bonds. The third-order valence-electron chi connectivity index (χ3n) is 1.28. The molecule has 0 fully saturated rings. The van der Waals surface area contributed by atoms with Gasteiger partial charge in [-0.3, -0.25) is 0 Å². The number of alkyl halides is 2.